The van der Waals surface area contributed by atoms with Crippen LogP contribution >= 0.6 is 0 Å². The number of hydrogen-bond donors (Lipinski definition) is 3. The molecule has 3 N–H and O–H groups in total. The maximum atomic E-state index is 13.3. The highest BCUT2D eigenvalue weighted by atomic mass is 16.6. The molecule has 1 fully saturated rings. The van der Waals surface area contributed by atoms with Crippen LogP contribution in [0.3, 0.4) is 0 Å². The number of amides is 2. The number of piperidine rings is 1. The number of carbonyl (C=O) groups is 2. The number of anilines is 2. The van der Waals surface area contributed by atoms with Gasteiger partial charge in [-0.05, 0) is 79.1 Å². The van der Waals surface area contributed by atoms with Crippen LogP contribution in [0.1, 0.15) is 53.5 Å². The van der Waals surface area contributed by atoms with Crippen molar-refractivity contribution in [2.75, 3.05) is 30.3 Å². The molecule has 3 aromatic rings. The molecule has 0 saturated carbocycles. The molecule has 3 aliphatic rings. The number of nitro groups is 1. The van der Waals surface area contributed by atoms with Crippen molar-refractivity contribution >= 4 is 40.1 Å². The van der Waals surface area contributed by atoms with E-state index in [2.05, 4.69) is 40.2 Å². The van der Waals surface area contributed by atoms with E-state index in [0.717, 1.165) is 75.1 Å². The number of non-ortho nitro benzene ring substituents is 1. The molecule has 0 bridgehead atoms. The van der Waals surface area contributed by atoms with Crippen LogP contribution in [0.15, 0.2) is 60.7 Å². The first kappa shape index (κ1) is 26.7. The molecule has 9 heteroatoms. The second-order valence-corrected chi connectivity index (χ2v) is 10.9. The molecule has 0 radical (unpaired) electrons. The van der Waals surface area contributed by atoms with Crippen molar-refractivity contribution < 1.29 is 14.5 Å². The van der Waals surface area contributed by atoms with Gasteiger partial charge in [0.2, 0.25) is 5.91 Å². The lowest BCUT2D eigenvalue weighted by Crippen LogP contribution is -2.36. The first-order valence-corrected chi connectivity index (χ1v) is 14.3. The first-order chi connectivity index (χ1) is 20.0. The van der Waals surface area contributed by atoms with Crippen molar-refractivity contribution in [3.05, 3.63) is 98.6 Å². The Hall–Kier alpha value is -4.50. The molecular weight excluding hydrogens is 518 g/mol. The van der Waals surface area contributed by atoms with Gasteiger partial charge in [0.25, 0.3) is 11.6 Å². The molecule has 0 unspecified atom stereocenters. The van der Waals surface area contributed by atoms with Gasteiger partial charge in [-0.25, -0.2) is 0 Å². The van der Waals surface area contributed by atoms with Crippen LogP contribution in [0.2, 0.25) is 0 Å². The Morgan fingerprint density at radius 1 is 0.976 bits per heavy atom. The average molecular weight is 552 g/mol. The smallest absolute Gasteiger partial charge is 0.270 e. The SMILES string of the molecule is O=C1Nc2ccc([N+](=O)[O-])cc2/C1=C(/Nc1ccc2c(c1)CCNC2)c1ccc(CCCN2CCCCC2=O)cc1. The van der Waals surface area contributed by atoms with Crippen LogP contribution in [0, 0.1) is 10.1 Å². The maximum Gasteiger partial charge on any atom is 0.270 e. The molecule has 2 amide bonds. The second kappa shape index (κ2) is 11.5. The van der Waals surface area contributed by atoms with Gasteiger partial charge in [0.1, 0.15) is 0 Å². The molecule has 3 aromatic carbocycles. The first-order valence-electron chi connectivity index (χ1n) is 14.3. The Morgan fingerprint density at radius 3 is 2.63 bits per heavy atom. The van der Waals surface area contributed by atoms with E-state index in [1.54, 1.807) is 6.07 Å². The van der Waals surface area contributed by atoms with E-state index in [-0.39, 0.29) is 17.5 Å². The van der Waals surface area contributed by atoms with Crippen LogP contribution in [0.5, 0.6) is 0 Å². The van der Waals surface area contributed by atoms with E-state index >= 15 is 0 Å². The van der Waals surface area contributed by atoms with Crippen molar-refractivity contribution in [3.63, 3.8) is 0 Å². The lowest BCUT2D eigenvalue weighted by Gasteiger charge is -2.26. The van der Waals surface area contributed by atoms with E-state index in [1.807, 2.05) is 23.1 Å². The van der Waals surface area contributed by atoms with Crippen molar-refractivity contribution in [2.24, 2.45) is 0 Å². The molecule has 0 aliphatic carbocycles. The van der Waals surface area contributed by atoms with Crippen LogP contribution in [0.25, 0.3) is 11.3 Å². The van der Waals surface area contributed by atoms with Gasteiger partial charge in [-0.3, -0.25) is 19.7 Å². The quantitative estimate of drug-likeness (QED) is 0.203. The third kappa shape index (κ3) is 5.71. The molecule has 0 atom stereocenters. The summed E-state index contributed by atoms with van der Waals surface area (Å²) in [7, 11) is 0. The number of rotatable bonds is 8. The lowest BCUT2D eigenvalue weighted by molar-refractivity contribution is -0.384. The van der Waals surface area contributed by atoms with Crippen molar-refractivity contribution in [1.82, 2.24) is 10.2 Å². The van der Waals surface area contributed by atoms with Crippen LogP contribution in [0.4, 0.5) is 17.1 Å². The third-order valence-electron chi connectivity index (χ3n) is 8.13. The fraction of sp³-hybridized carbons (Fsp3) is 0.312. The number of hydrogen-bond acceptors (Lipinski definition) is 6. The normalized spacial score (nSPS) is 17.5. The highest BCUT2D eigenvalue weighted by molar-refractivity contribution is 6.37. The highest BCUT2D eigenvalue weighted by Gasteiger charge is 2.30. The Labute approximate surface area is 238 Å². The number of fused-ring (bicyclic) bond motifs is 2. The van der Waals surface area contributed by atoms with Crippen molar-refractivity contribution in [2.45, 2.75) is 45.1 Å². The van der Waals surface area contributed by atoms with Gasteiger partial charge >= 0.3 is 0 Å². The number of aryl methyl sites for hydroxylation is 1. The summed E-state index contributed by atoms with van der Waals surface area (Å²) in [5.74, 6) is -0.0526. The van der Waals surface area contributed by atoms with Crippen LogP contribution < -0.4 is 16.0 Å². The van der Waals surface area contributed by atoms with Gasteiger partial charge in [-0.2, -0.15) is 0 Å². The van der Waals surface area contributed by atoms with E-state index in [9.17, 15) is 19.7 Å². The summed E-state index contributed by atoms with van der Waals surface area (Å²) in [6.45, 7) is 3.36. The molecule has 0 spiro atoms. The topological polar surface area (TPSA) is 117 Å². The maximum absolute atomic E-state index is 13.3. The number of nitrogens with zero attached hydrogens (tertiary/aromatic N) is 2. The summed E-state index contributed by atoms with van der Waals surface area (Å²) in [5, 5.41) is 21.3. The van der Waals surface area contributed by atoms with E-state index in [0.29, 0.717) is 28.9 Å². The molecule has 9 nitrogen and oxygen atoms in total. The fourth-order valence-corrected chi connectivity index (χ4v) is 5.91. The van der Waals surface area contributed by atoms with E-state index in [1.165, 1.54) is 23.3 Å². The number of likely N-dealkylation sites (tertiary alicyclic amines) is 1. The summed E-state index contributed by atoms with van der Waals surface area (Å²) in [5.41, 5.74) is 7.29. The summed E-state index contributed by atoms with van der Waals surface area (Å²) in [6, 6.07) is 18.7. The van der Waals surface area contributed by atoms with E-state index < -0.39 is 4.92 Å². The Balaban J connectivity index is 1.32. The van der Waals surface area contributed by atoms with Gasteiger partial charge in [-0.1, -0.05) is 30.3 Å². The fourth-order valence-electron chi connectivity index (χ4n) is 5.91. The molecule has 41 heavy (non-hydrogen) atoms. The van der Waals surface area contributed by atoms with Gasteiger partial charge in [-0.15, -0.1) is 0 Å². The zero-order chi connectivity index (χ0) is 28.3. The zero-order valence-electron chi connectivity index (χ0n) is 22.9. The molecule has 0 aromatic heterocycles. The van der Waals surface area contributed by atoms with E-state index in [4.69, 9.17) is 0 Å². The summed E-state index contributed by atoms with van der Waals surface area (Å²) < 4.78 is 0. The van der Waals surface area contributed by atoms with Crippen molar-refractivity contribution in [1.29, 1.82) is 0 Å². The minimum Gasteiger partial charge on any atom is -0.354 e. The molecule has 3 heterocycles. The summed E-state index contributed by atoms with van der Waals surface area (Å²) in [6.07, 6.45) is 5.37. The number of nitrogens with one attached hydrogen (secondary N) is 3. The molecule has 3 aliphatic heterocycles. The van der Waals surface area contributed by atoms with Gasteiger partial charge in [0.15, 0.2) is 0 Å². The molecule has 1 saturated heterocycles. The average Bonchev–Trinajstić information content (AvgIpc) is 3.32. The molecule has 210 valence electrons. The van der Waals surface area contributed by atoms with Gasteiger partial charge < -0.3 is 20.9 Å². The number of carbonyl (C=O) groups excluding carboxylic acids is 2. The number of nitro benzene ring substituents is 1. The van der Waals surface area contributed by atoms with Gasteiger partial charge in [0, 0.05) is 55.1 Å². The Morgan fingerprint density at radius 2 is 1.83 bits per heavy atom. The van der Waals surface area contributed by atoms with Crippen LogP contribution in [-0.2, 0) is 29.0 Å². The summed E-state index contributed by atoms with van der Waals surface area (Å²) in [4.78, 5) is 38.5. The minimum atomic E-state index is -0.447. The van der Waals surface area contributed by atoms with Crippen LogP contribution in [-0.4, -0.2) is 41.3 Å². The number of benzene rings is 3. The predicted molar refractivity (Wildman–Crippen MR) is 159 cm³/mol. The second-order valence-electron chi connectivity index (χ2n) is 10.9. The monoisotopic (exact) mass is 551 g/mol. The van der Waals surface area contributed by atoms with Gasteiger partial charge in [0.05, 0.1) is 16.2 Å². The van der Waals surface area contributed by atoms with Crippen molar-refractivity contribution in [3.8, 4) is 0 Å². The predicted octanol–water partition coefficient (Wildman–Crippen LogP) is 5.12. The lowest BCUT2D eigenvalue weighted by atomic mass is 9.97. The minimum absolute atomic E-state index is 0.0686. The largest absolute Gasteiger partial charge is 0.354 e. The third-order valence-corrected chi connectivity index (χ3v) is 8.13. The molecular formula is C32H33N5O4. The summed E-state index contributed by atoms with van der Waals surface area (Å²) >= 11 is 0. The Bertz CT molecular complexity index is 1550. The Kier molecular flexibility index (Phi) is 7.52. The zero-order valence-corrected chi connectivity index (χ0v) is 22.9. The standard InChI is InChI=1S/C32H33N5O4/c38-29-5-1-2-16-36(29)17-3-4-21-6-8-22(9-7-21)31(34-25-11-10-24-20-33-15-14-23(24)18-25)30-27-19-26(37(40)41)12-13-28(27)35-32(30)39/h6-13,18-19,33-34H,1-5,14-17,20H2,(H,35,39)/b31-30-. The molecule has 6 rings (SSSR count). The highest BCUT2D eigenvalue weighted by Crippen LogP contribution is 2.39.